The summed E-state index contributed by atoms with van der Waals surface area (Å²) in [6.45, 7) is 2.27. The van der Waals surface area contributed by atoms with Crippen LogP contribution in [0, 0.1) is 5.92 Å². The Bertz CT molecular complexity index is 620. The first kappa shape index (κ1) is 13.8. The number of amides is 1. The first-order chi connectivity index (χ1) is 10.3. The van der Waals surface area contributed by atoms with Crippen LogP contribution in [0.4, 0.5) is 0 Å². The maximum absolute atomic E-state index is 12.3. The standard InChI is InChI=1S/C18H20N2O/c1-20(18(21)16-11-19-12-16)13-15-9-5-6-10-17(15)14-7-3-2-4-8-14/h2-10,16,19H,11-13H2,1H3. The minimum absolute atomic E-state index is 0.152. The molecule has 1 fully saturated rings. The second kappa shape index (κ2) is 6.10. The summed E-state index contributed by atoms with van der Waals surface area (Å²) in [6.07, 6.45) is 0. The molecule has 1 heterocycles. The van der Waals surface area contributed by atoms with E-state index in [9.17, 15) is 4.79 Å². The lowest BCUT2D eigenvalue weighted by Gasteiger charge is -2.30. The Balaban J connectivity index is 1.81. The first-order valence-electron chi connectivity index (χ1n) is 7.35. The Morgan fingerprint density at radius 3 is 2.43 bits per heavy atom. The molecular weight excluding hydrogens is 260 g/mol. The number of benzene rings is 2. The van der Waals surface area contributed by atoms with Crippen LogP contribution >= 0.6 is 0 Å². The molecule has 1 amide bonds. The predicted molar refractivity (Wildman–Crippen MR) is 84.7 cm³/mol. The summed E-state index contributed by atoms with van der Waals surface area (Å²) in [6, 6.07) is 18.6. The third kappa shape index (κ3) is 2.98. The van der Waals surface area contributed by atoms with E-state index in [1.54, 1.807) is 0 Å². The normalized spacial score (nSPS) is 14.5. The second-order valence-electron chi connectivity index (χ2n) is 5.57. The second-order valence-corrected chi connectivity index (χ2v) is 5.57. The molecule has 2 aromatic rings. The van der Waals surface area contributed by atoms with Gasteiger partial charge in [-0.15, -0.1) is 0 Å². The van der Waals surface area contributed by atoms with Crippen LogP contribution in [-0.2, 0) is 11.3 Å². The number of carbonyl (C=O) groups is 1. The summed E-state index contributed by atoms with van der Waals surface area (Å²) < 4.78 is 0. The van der Waals surface area contributed by atoms with Crippen molar-refractivity contribution in [3.05, 3.63) is 60.2 Å². The van der Waals surface area contributed by atoms with Gasteiger partial charge in [-0.2, -0.15) is 0 Å². The number of hydrogen-bond donors (Lipinski definition) is 1. The van der Waals surface area contributed by atoms with E-state index in [0.29, 0.717) is 6.54 Å². The van der Waals surface area contributed by atoms with Crippen LogP contribution in [0.1, 0.15) is 5.56 Å². The van der Waals surface area contributed by atoms with Crippen LogP contribution in [0.2, 0.25) is 0 Å². The Morgan fingerprint density at radius 1 is 1.10 bits per heavy atom. The Morgan fingerprint density at radius 2 is 1.76 bits per heavy atom. The average molecular weight is 280 g/mol. The van der Waals surface area contributed by atoms with Crippen LogP contribution in [0.3, 0.4) is 0 Å². The van der Waals surface area contributed by atoms with E-state index in [1.807, 2.05) is 42.3 Å². The smallest absolute Gasteiger partial charge is 0.228 e. The van der Waals surface area contributed by atoms with Gasteiger partial charge in [0.15, 0.2) is 0 Å². The van der Waals surface area contributed by atoms with Crippen molar-refractivity contribution in [2.75, 3.05) is 20.1 Å². The van der Waals surface area contributed by atoms with Gasteiger partial charge in [0.25, 0.3) is 0 Å². The predicted octanol–water partition coefficient (Wildman–Crippen LogP) is 2.53. The summed E-state index contributed by atoms with van der Waals surface area (Å²) in [5, 5.41) is 3.15. The Hall–Kier alpha value is -2.13. The van der Waals surface area contributed by atoms with Gasteiger partial charge in [0.2, 0.25) is 5.91 Å². The SMILES string of the molecule is CN(Cc1ccccc1-c1ccccc1)C(=O)C1CNC1. The molecule has 21 heavy (non-hydrogen) atoms. The molecule has 0 aliphatic carbocycles. The van der Waals surface area contributed by atoms with E-state index < -0.39 is 0 Å². The quantitative estimate of drug-likeness (QED) is 0.933. The molecule has 0 bridgehead atoms. The van der Waals surface area contributed by atoms with Crippen molar-refractivity contribution in [1.29, 1.82) is 0 Å². The van der Waals surface area contributed by atoms with Crippen molar-refractivity contribution in [2.24, 2.45) is 5.92 Å². The van der Waals surface area contributed by atoms with Gasteiger partial charge in [0, 0.05) is 26.7 Å². The van der Waals surface area contributed by atoms with E-state index in [1.165, 1.54) is 16.7 Å². The minimum atomic E-state index is 0.152. The third-order valence-corrected chi connectivity index (χ3v) is 4.02. The van der Waals surface area contributed by atoms with Crippen molar-refractivity contribution in [3.63, 3.8) is 0 Å². The van der Waals surface area contributed by atoms with Crippen molar-refractivity contribution in [2.45, 2.75) is 6.54 Å². The van der Waals surface area contributed by atoms with Gasteiger partial charge < -0.3 is 10.2 Å². The zero-order valence-electron chi connectivity index (χ0n) is 12.3. The van der Waals surface area contributed by atoms with Crippen molar-refractivity contribution < 1.29 is 4.79 Å². The number of rotatable bonds is 4. The molecule has 1 N–H and O–H groups in total. The van der Waals surface area contributed by atoms with E-state index in [0.717, 1.165) is 13.1 Å². The zero-order chi connectivity index (χ0) is 14.7. The molecule has 1 aliphatic rings. The van der Waals surface area contributed by atoms with Gasteiger partial charge in [-0.3, -0.25) is 4.79 Å². The molecule has 0 aromatic heterocycles. The van der Waals surface area contributed by atoms with Gasteiger partial charge in [-0.1, -0.05) is 54.6 Å². The summed E-state index contributed by atoms with van der Waals surface area (Å²) in [5.41, 5.74) is 3.58. The summed E-state index contributed by atoms with van der Waals surface area (Å²) >= 11 is 0. The van der Waals surface area contributed by atoms with Gasteiger partial charge in [-0.05, 0) is 16.7 Å². The molecule has 1 aliphatic heterocycles. The first-order valence-corrected chi connectivity index (χ1v) is 7.35. The van der Waals surface area contributed by atoms with Crippen molar-refractivity contribution in [3.8, 4) is 11.1 Å². The Labute approximate surface area is 125 Å². The van der Waals surface area contributed by atoms with Crippen molar-refractivity contribution in [1.82, 2.24) is 10.2 Å². The molecule has 3 nitrogen and oxygen atoms in total. The van der Waals surface area contributed by atoms with Gasteiger partial charge in [0.05, 0.1) is 5.92 Å². The molecule has 0 saturated carbocycles. The highest BCUT2D eigenvalue weighted by molar-refractivity contribution is 5.80. The molecule has 108 valence electrons. The fourth-order valence-electron chi connectivity index (χ4n) is 2.67. The van der Waals surface area contributed by atoms with Gasteiger partial charge in [-0.25, -0.2) is 0 Å². The molecule has 1 saturated heterocycles. The summed E-state index contributed by atoms with van der Waals surface area (Å²) in [4.78, 5) is 14.1. The lowest BCUT2D eigenvalue weighted by Crippen LogP contribution is -2.51. The maximum Gasteiger partial charge on any atom is 0.228 e. The van der Waals surface area contributed by atoms with Crippen LogP contribution < -0.4 is 5.32 Å². The van der Waals surface area contributed by atoms with E-state index in [4.69, 9.17) is 0 Å². The molecule has 3 rings (SSSR count). The molecule has 0 unspecified atom stereocenters. The number of nitrogens with zero attached hydrogens (tertiary/aromatic N) is 1. The molecule has 0 radical (unpaired) electrons. The van der Waals surface area contributed by atoms with Gasteiger partial charge >= 0.3 is 0 Å². The number of nitrogens with one attached hydrogen (secondary N) is 1. The highest BCUT2D eigenvalue weighted by Gasteiger charge is 2.27. The summed E-state index contributed by atoms with van der Waals surface area (Å²) in [7, 11) is 1.89. The number of carbonyl (C=O) groups excluding carboxylic acids is 1. The molecule has 2 aromatic carbocycles. The highest BCUT2D eigenvalue weighted by atomic mass is 16.2. The largest absolute Gasteiger partial charge is 0.341 e. The molecular formula is C18H20N2O. The lowest BCUT2D eigenvalue weighted by molar-refractivity contribution is -0.136. The van der Waals surface area contributed by atoms with Crippen LogP contribution in [0.25, 0.3) is 11.1 Å². The monoisotopic (exact) mass is 280 g/mol. The fraction of sp³-hybridized carbons (Fsp3) is 0.278. The average Bonchev–Trinajstić information content (AvgIpc) is 2.47. The van der Waals surface area contributed by atoms with E-state index in [2.05, 4.69) is 29.6 Å². The van der Waals surface area contributed by atoms with Crippen LogP contribution in [0.5, 0.6) is 0 Å². The van der Waals surface area contributed by atoms with E-state index >= 15 is 0 Å². The minimum Gasteiger partial charge on any atom is -0.341 e. The van der Waals surface area contributed by atoms with Crippen molar-refractivity contribution >= 4 is 5.91 Å². The maximum atomic E-state index is 12.3. The lowest BCUT2D eigenvalue weighted by atomic mass is 9.98. The number of hydrogen-bond acceptors (Lipinski definition) is 2. The summed E-state index contributed by atoms with van der Waals surface area (Å²) in [5.74, 6) is 0.385. The highest BCUT2D eigenvalue weighted by Crippen LogP contribution is 2.24. The van der Waals surface area contributed by atoms with Crippen LogP contribution in [0.15, 0.2) is 54.6 Å². The molecule has 0 spiro atoms. The van der Waals surface area contributed by atoms with E-state index in [-0.39, 0.29) is 11.8 Å². The molecule has 3 heteroatoms. The molecule has 0 atom stereocenters. The zero-order valence-corrected chi connectivity index (χ0v) is 12.3. The third-order valence-electron chi connectivity index (χ3n) is 4.02. The Kier molecular flexibility index (Phi) is 4.02. The van der Waals surface area contributed by atoms with Gasteiger partial charge in [0.1, 0.15) is 0 Å². The fourth-order valence-corrected chi connectivity index (χ4v) is 2.67. The topological polar surface area (TPSA) is 32.3 Å². The van der Waals surface area contributed by atoms with Crippen LogP contribution in [-0.4, -0.2) is 30.9 Å².